The van der Waals surface area contributed by atoms with Crippen LogP contribution in [0.5, 0.6) is 0 Å². The molecule has 2 heterocycles. The summed E-state index contributed by atoms with van der Waals surface area (Å²) in [7, 11) is 1.88. The molecule has 0 amide bonds. The Morgan fingerprint density at radius 1 is 1.53 bits per heavy atom. The first-order valence-electron chi connectivity index (χ1n) is 4.31. The number of aromatic nitrogens is 5. The third-order valence-corrected chi connectivity index (χ3v) is 2.04. The Morgan fingerprint density at radius 2 is 2.40 bits per heavy atom. The van der Waals surface area contributed by atoms with E-state index in [1.807, 2.05) is 11.6 Å². The molecule has 0 aliphatic heterocycles. The smallest absolute Gasteiger partial charge is 0.224 e. The van der Waals surface area contributed by atoms with Crippen LogP contribution in [0, 0.1) is 0 Å². The summed E-state index contributed by atoms with van der Waals surface area (Å²) in [4.78, 5) is 7.77. The van der Waals surface area contributed by atoms with Crippen LogP contribution < -0.4 is 5.32 Å². The van der Waals surface area contributed by atoms with Crippen LogP contribution in [0.3, 0.4) is 0 Å². The summed E-state index contributed by atoms with van der Waals surface area (Å²) in [6, 6.07) is 1.74. The van der Waals surface area contributed by atoms with Gasteiger partial charge in [0.1, 0.15) is 12.1 Å². The van der Waals surface area contributed by atoms with E-state index >= 15 is 0 Å². The summed E-state index contributed by atoms with van der Waals surface area (Å²) in [6.45, 7) is 0.545. The highest BCUT2D eigenvalue weighted by molar-refractivity contribution is 6.28. The van der Waals surface area contributed by atoms with E-state index in [0.717, 1.165) is 5.82 Å². The number of nitrogens with zero attached hydrogens (tertiary/aromatic N) is 5. The van der Waals surface area contributed by atoms with Gasteiger partial charge in [0.2, 0.25) is 5.28 Å². The van der Waals surface area contributed by atoms with Crippen LogP contribution in [0.25, 0.3) is 0 Å². The van der Waals surface area contributed by atoms with Gasteiger partial charge < -0.3 is 9.88 Å². The summed E-state index contributed by atoms with van der Waals surface area (Å²) in [5, 5.41) is 11.0. The largest absolute Gasteiger partial charge is 0.363 e. The quantitative estimate of drug-likeness (QED) is 0.784. The molecule has 0 aromatic carbocycles. The molecule has 15 heavy (non-hydrogen) atoms. The van der Waals surface area contributed by atoms with Crippen LogP contribution in [0.4, 0.5) is 5.82 Å². The van der Waals surface area contributed by atoms with E-state index in [1.165, 1.54) is 0 Å². The molecule has 7 heteroatoms. The lowest BCUT2D eigenvalue weighted by Gasteiger charge is -2.04. The number of hydrogen-bond acceptors (Lipinski definition) is 5. The first-order valence-corrected chi connectivity index (χ1v) is 4.69. The van der Waals surface area contributed by atoms with Crippen LogP contribution >= 0.6 is 11.6 Å². The van der Waals surface area contributed by atoms with Crippen molar-refractivity contribution in [1.29, 1.82) is 0 Å². The first-order chi connectivity index (χ1) is 7.25. The maximum Gasteiger partial charge on any atom is 0.224 e. The van der Waals surface area contributed by atoms with Gasteiger partial charge in [-0.15, -0.1) is 10.2 Å². The molecule has 0 spiro atoms. The lowest BCUT2D eigenvalue weighted by Crippen LogP contribution is -2.06. The summed E-state index contributed by atoms with van der Waals surface area (Å²) >= 11 is 5.64. The van der Waals surface area contributed by atoms with Crippen LogP contribution in [0.2, 0.25) is 5.28 Å². The molecule has 78 valence electrons. The van der Waals surface area contributed by atoms with Crippen molar-refractivity contribution in [3.05, 3.63) is 29.7 Å². The molecule has 0 unspecified atom stereocenters. The fourth-order valence-corrected chi connectivity index (χ4v) is 1.22. The summed E-state index contributed by atoms with van der Waals surface area (Å²) in [5.41, 5.74) is 0. The van der Waals surface area contributed by atoms with E-state index in [-0.39, 0.29) is 5.28 Å². The summed E-state index contributed by atoms with van der Waals surface area (Å²) < 4.78 is 1.83. The lowest BCUT2D eigenvalue weighted by atomic mass is 10.5. The van der Waals surface area contributed by atoms with Gasteiger partial charge in [-0.05, 0) is 17.7 Å². The molecule has 0 aliphatic carbocycles. The first kappa shape index (κ1) is 9.85. The van der Waals surface area contributed by atoms with E-state index in [9.17, 15) is 0 Å². The van der Waals surface area contributed by atoms with Gasteiger partial charge in [0, 0.05) is 13.2 Å². The molecule has 0 saturated carbocycles. The van der Waals surface area contributed by atoms with Crippen LogP contribution in [-0.2, 0) is 13.6 Å². The van der Waals surface area contributed by atoms with Gasteiger partial charge in [0.05, 0.1) is 6.54 Å². The van der Waals surface area contributed by atoms with E-state index in [2.05, 4.69) is 25.5 Å². The molecule has 2 aromatic heterocycles. The van der Waals surface area contributed by atoms with E-state index in [1.54, 1.807) is 18.6 Å². The second-order valence-electron chi connectivity index (χ2n) is 2.92. The number of nitrogens with one attached hydrogen (secondary N) is 1. The Bertz CT molecular complexity index is 454. The average Bonchev–Trinajstić information content (AvgIpc) is 2.61. The molecule has 2 aromatic rings. The second kappa shape index (κ2) is 4.22. The molecule has 0 bridgehead atoms. The molecule has 2 rings (SSSR count). The predicted octanol–water partition coefficient (Wildman–Crippen LogP) is 0.871. The minimum Gasteiger partial charge on any atom is -0.363 e. The van der Waals surface area contributed by atoms with Crippen molar-refractivity contribution in [2.45, 2.75) is 6.54 Å². The molecule has 1 N–H and O–H groups in total. The molecule has 0 atom stereocenters. The predicted molar refractivity (Wildman–Crippen MR) is 55.4 cm³/mol. The Hall–Kier alpha value is -1.69. The minimum absolute atomic E-state index is 0.220. The highest BCUT2D eigenvalue weighted by atomic mass is 35.5. The van der Waals surface area contributed by atoms with Crippen molar-refractivity contribution in [2.75, 3.05) is 5.32 Å². The zero-order valence-electron chi connectivity index (χ0n) is 8.05. The van der Waals surface area contributed by atoms with Gasteiger partial charge in [-0.2, -0.15) is 0 Å². The highest BCUT2D eigenvalue weighted by Gasteiger charge is 2.01. The number of rotatable bonds is 3. The fourth-order valence-electron chi connectivity index (χ4n) is 1.07. The molecule has 6 nitrogen and oxygen atoms in total. The fraction of sp³-hybridized carbons (Fsp3) is 0.250. The highest BCUT2D eigenvalue weighted by Crippen LogP contribution is 2.06. The molecule has 0 aliphatic rings. The Morgan fingerprint density at radius 3 is 3.07 bits per heavy atom. The number of anilines is 1. The number of halogens is 1. The standard InChI is InChI=1S/C8H9ClN6/c1-15-5-12-14-7(15)4-11-6-2-3-10-8(9)13-6/h2-3,5H,4H2,1H3,(H,10,11,13). The van der Waals surface area contributed by atoms with Gasteiger partial charge in [-0.25, -0.2) is 9.97 Å². The van der Waals surface area contributed by atoms with Gasteiger partial charge in [-0.1, -0.05) is 0 Å². The number of hydrogen-bond donors (Lipinski definition) is 1. The normalized spacial score (nSPS) is 10.3. The van der Waals surface area contributed by atoms with Crippen molar-refractivity contribution >= 4 is 17.4 Å². The third kappa shape index (κ3) is 2.41. The molecular formula is C8H9ClN6. The lowest BCUT2D eigenvalue weighted by molar-refractivity contribution is 0.810. The summed E-state index contributed by atoms with van der Waals surface area (Å²) in [5.74, 6) is 1.49. The molecule has 0 radical (unpaired) electrons. The van der Waals surface area contributed by atoms with Crippen molar-refractivity contribution in [2.24, 2.45) is 7.05 Å². The third-order valence-electron chi connectivity index (χ3n) is 1.86. The van der Waals surface area contributed by atoms with Crippen molar-refractivity contribution in [3.8, 4) is 0 Å². The zero-order chi connectivity index (χ0) is 10.7. The second-order valence-corrected chi connectivity index (χ2v) is 3.26. The van der Waals surface area contributed by atoms with Crippen molar-refractivity contribution < 1.29 is 0 Å². The Labute approximate surface area is 91.3 Å². The van der Waals surface area contributed by atoms with Crippen LogP contribution in [0.1, 0.15) is 5.82 Å². The molecule has 0 fully saturated rings. The van der Waals surface area contributed by atoms with Gasteiger partial charge in [0.25, 0.3) is 0 Å². The SMILES string of the molecule is Cn1cnnc1CNc1ccnc(Cl)n1. The molecular weight excluding hydrogens is 216 g/mol. The maximum atomic E-state index is 5.64. The van der Waals surface area contributed by atoms with Crippen molar-refractivity contribution in [3.63, 3.8) is 0 Å². The van der Waals surface area contributed by atoms with Crippen LogP contribution in [0.15, 0.2) is 18.6 Å². The zero-order valence-corrected chi connectivity index (χ0v) is 8.81. The van der Waals surface area contributed by atoms with E-state index < -0.39 is 0 Å². The average molecular weight is 225 g/mol. The Kier molecular flexibility index (Phi) is 2.77. The maximum absolute atomic E-state index is 5.64. The Balaban J connectivity index is 2.02. The van der Waals surface area contributed by atoms with Gasteiger partial charge >= 0.3 is 0 Å². The van der Waals surface area contributed by atoms with E-state index in [0.29, 0.717) is 12.4 Å². The van der Waals surface area contributed by atoms with Crippen molar-refractivity contribution in [1.82, 2.24) is 24.7 Å². The van der Waals surface area contributed by atoms with Crippen LogP contribution in [-0.4, -0.2) is 24.7 Å². The minimum atomic E-state index is 0.220. The van der Waals surface area contributed by atoms with Gasteiger partial charge in [0.15, 0.2) is 5.82 Å². The monoisotopic (exact) mass is 224 g/mol. The summed E-state index contributed by atoms with van der Waals surface area (Å²) in [6.07, 6.45) is 3.23. The molecule has 0 saturated heterocycles. The topological polar surface area (TPSA) is 68.5 Å². The van der Waals surface area contributed by atoms with Gasteiger partial charge in [-0.3, -0.25) is 0 Å². The van der Waals surface area contributed by atoms with E-state index in [4.69, 9.17) is 11.6 Å². The number of aryl methyl sites for hydroxylation is 1.